The van der Waals surface area contributed by atoms with Gasteiger partial charge >= 0.3 is 0 Å². The molecule has 1 nitrogen and oxygen atoms in total. The number of thiophene rings is 1. The van der Waals surface area contributed by atoms with Gasteiger partial charge in [-0.05, 0) is 33.3 Å². The molecule has 0 saturated heterocycles. The van der Waals surface area contributed by atoms with Crippen LogP contribution in [0.15, 0.2) is 47.8 Å². The summed E-state index contributed by atoms with van der Waals surface area (Å²) < 4.78 is 0.765. The summed E-state index contributed by atoms with van der Waals surface area (Å²) in [6.45, 7) is 0.0202. The Balaban J connectivity index is 2.41. The first-order valence-electron chi connectivity index (χ1n) is 5.66. The highest BCUT2D eigenvalue weighted by Gasteiger charge is 2.12. The van der Waals surface area contributed by atoms with Crippen LogP contribution in [0.3, 0.4) is 0 Å². The lowest BCUT2D eigenvalue weighted by molar-refractivity contribution is 0.282. The minimum Gasteiger partial charge on any atom is -0.392 e. The maximum atomic E-state index is 9.53. The zero-order valence-electron chi connectivity index (χ0n) is 9.56. The predicted molar refractivity (Wildman–Crippen MR) is 78.2 cm³/mol. The third-order valence-corrected chi connectivity index (χ3v) is 4.24. The van der Waals surface area contributed by atoms with Crippen LogP contribution < -0.4 is 0 Å². The van der Waals surface area contributed by atoms with Crippen LogP contribution in [0.1, 0.15) is 5.56 Å². The Bertz CT molecular complexity index is 703. The number of halogens is 1. The number of aliphatic hydroxyl groups is 1. The Morgan fingerprint density at radius 2 is 1.89 bits per heavy atom. The average molecular weight is 275 g/mol. The molecule has 0 aliphatic heterocycles. The van der Waals surface area contributed by atoms with Crippen LogP contribution in [0, 0.1) is 0 Å². The first-order valence-corrected chi connectivity index (χ1v) is 6.92. The summed E-state index contributed by atoms with van der Waals surface area (Å²) in [6.07, 6.45) is 0. The van der Waals surface area contributed by atoms with Gasteiger partial charge in [0, 0.05) is 5.56 Å². The predicted octanol–water partition coefficient (Wildman–Crippen LogP) is 4.71. The topological polar surface area (TPSA) is 20.2 Å². The molecule has 1 N–H and O–H groups in total. The van der Waals surface area contributed by atoms with Crippen LogP contribution in [0.25, 0.3) is 21.9 Å². The van der Waals surface area contributed by atoms with Gasteiger partial charge in [0.2, 0.25) is 0 Å². The van der Waals surface area contributed by atoms with E-state index >= 15 is 0 Å². The van der Waals surface area contributed by atoms with E-state index in [4.69, 9.17) is 11.6 Å². The van der Waals surface area contributed by atoms with E-state index in [9.17, 15) is 5.11 Å². The highest BCUT2D eigenvalue weighted by molar-refractivity contribution is 7.15. The molecule has 0 atom stereocenters. The first-order chi connectivity index (χ1) is 8.81. The summed E-state index contributed by atoms with van der Waals surface area (Å²) >= 11 is 7.75. The fraction of sp³-hybridized carbons (Fsp3) is 0.0667. The Hall–Kier alpha value is -1.35. The molecule has 0 aliphatic carbocycles. The largest absolute Gasteiger partial charge is 0.392 e. The van der Waals surface area contributed by atoms with E-state index in [1.165, 1.54) is 11.3 Å². The number of hydrogen-bond donors (Lipinski definition) is 1. The van der Waals surface area contributed by atoms with Crippen molar-refractivity contribution in [2.75, 3.05) is 0 Å². The number of fused-ring (bicyclic) bond motifs is 1. The van der Waals surface area contributed by atoms with Gasteiger partial charge in [0.25, 0.3) is 0 Å². The van der Waals surface area contributed by atoms with Gasteiger partial charge in [-0.2, -0.15) is 0 Å². The third kappa shape index (κ3) is 1.83. The summed E-state index contributed by atoms with van der Waals surface area (Å²) in [5.74, 6) is 0. The van der Waals surface area contributed by atoms with Crippen molar-refractivity contribution in [1.29, 1.82) is 0 Å². The summed E-state index contributed by atoms with van der Waals surface area (Å²) in [7, 11) is 0. The van der Waals surface area contributed by atoms with Gasteiger partial charge in [0.15, 0.2) is 0 Å². The zero-order valence-corrected chi connectivity index (χ0v) is 11.1. The summed E-state index contributed by atoms with van der Waals surface area (Å²) in [6, 6.07) is 14.2. The molecule has 2 aromatic carbocycles. The molecule has 0 aliphatic rings. The highest BCUT2D eigenvalue weighted by Crippen LogP contribution is 2.39. The second-order valence-electron chi connectivity index (χ2n) is 4.09. The van der Waals surface area contributed by atoms with E-state index in [1.807, 2.05) is 35.7 Å². The molecule has 0 saturated carbocycles. The van der Waals surface area contributed by atoms with Crippen molar-refractivity contribution in [3.05, 3.63) is 57.7 Å². The molecule has 1 aromatic heterocycles. The minimum atomic E-state index is 0.0202. The van der Waals surface area contributed by atoms with Gasteiger partial charge in [0.05, 0.1) is 6.61 Å². The molecule has 0 radical (unpaired) electrons. The van der Waals surface area contributed by atoms with Crippen LogP contribution in [0.5, 0.6) is 0 Å². The number of rotatable bonds is 2. The van der Waals surface area contributed by atoms with Gasteiger partial charge in [-0.1, -0.05) is 48.0 Å². The van der Waals surface area contributed by atoms with E-state index in [1.54, 1.807) is 0 Å². The zero-order chi connectivity index (χ0) is 12.5. The molecular formula is C15H11ClOS. The quantitative estimate of drug-likeness (QED) is 0.717. The molecule has 0 spiro atoms. The van der Waals surface area contributed by atoms with Gasteiger partial charge in [-0.15, -0.1) is 11.3 Å². The Morgan fingerprint density at radius 3 is 2.61 bits per heavy atom. The molecule has 0 amide bonds. The Kier molecular flexibility index (Phi) is 3.08. The highest BCUT2D eigenvalue weighted by atomic mass is 35.5. The molecule has 3 aromatic rings. The molecule has 0 fully saturated rings. The molecule has 1 heterocycles. The van der Waals surface area contributed by atoms with Gasteiger partial charge in [-0.25, -0.2) is 0 Å². The van der Waals surface area contributed by atoms with E-state index in [-0.39, 0.29) is 6.61 Å². The van der Waals surface area contributed by atoms with Crippen molar-refractivity contribution in [3.63, 3.8) is 0 Å². The maximum Gasteiger partial charge on any atom is 0.101 e. The van der Waals surface area contributed by atoms with Crippen molar-refractivity contribution in [2.45, 2.75) is 6.61 Å². The van der Waals surface area contributed by atoms with E-state index < -0.39 is 0 Å². The lowest BCUT2D eigenvalue weighted by atomic mass is 9.95. The fourth-order valence-corrected chi connectivity index (χ4v) is 3.17. The minimum absolute atomic E-state index is 0.0202. The lowest BCUT2D eigenvalue weighted by Gasteiger charge is -2.11. The summed E-state index contributed by atoms with van der Waals surface area (Å²) in [4.78, 5) is 0. The molecule has 18 heavy (non-hydrogen) atoms. The van der Waals surface area contributed by atoms with Crippen LogP contribution in [0.2, 0.25) is 4.34 Å². The van der Waals surface area contributed by atoms with Crippen molar-refractivity contribution < 1.29 is 5.11 Å². The summed E-state index contributed by atoms with van der Waals surface area (Å²) in [5, 5.41) is 13.8. The SMILES string of the molecule is OCc1ccc2ccccc2c1-c1ccsc1Cl. The normalized spacial score (nSPS) is 11.0. The van der Waals surface area contributed by atoms with Gasteiger partial charge in [-0.3, -0.25) is 0 Å². The first kappa shape index (κ1) is 11.7. The van der Waals surface area contributed by atoms with E-state index in [0.717, 1.165) is 31.8 Å². The maximum absolute atomic E-state index is 9.53. The molecule has 3 rings (SSSR count). The molecular weight excluding hydrogens is 264 g/mol. The smallest absolute Gasteiger partial charge is 0.101 e. The number of benzene rings is 2. The Labute approximate surface area is 114 Å². The van der Waals surface area contributed by atoms with Crippen molar-refractivity contribution in [2.24, 2.45) is 0 Å². The average Bonchev–Trinajstić information content (AvgIpc) is 2.83. The second kappa shape index (κ2) is 4.73. The van der Waals surface area contributed by atoms with Crippen molar-refractivity contribution >= 4 is 33.7 Å². The van der Waals surface area contributed by atoms with Crippen LogP contribution in [-0.4, -0.2) is 5.11 Å². The van der Waals surface area contributed by atoms with Gasteiger partial charge in [0.1, 0.15) is 4.34 Å². The monoisotopic (exact) mass is 274 g/mol. The van der Waals surface area contributed by atoms with Crippen LogP contribution in [-0.2, 0) is 6.61 Å². The van der Waals surface area contributed by atoms with Crippen LogP contribution >= 0.6 is 22.9 Å². The Morgan fingerprint density at radius 1 is 1.06 bits per heavy atom. The molecule has 0 unspecified atom stereocenters. The van der Waals surface area contributed by atoms with Crippen molar-refractivity contribution in [1.82, 2.24) is 0 Å². The van der Waals surface area contributed by atoms with E-state index in [0.29, 0.717) is 0 Å². The van der Waals surface area contributed by atoms with Crippen molar-refractivity contribution in [3.8, 4) is 11.1 Å². The second-order valence-corrected chi connectivity index (χ2v) is 5.61. The number of aliphatic hydroxyl groups excluding tert-OH is 1. The van der Waals surface area contributed by atoms with Gasteiger partial charge < -0.3 is 5.11 Å². The molecule has 0 bridgehead atoms. The van der Waals surface area contributed by atoms with E-state index in [2.05, 4.69) is 12.1 Å². The third-order valence-electron chi connectivity index (χ3n) is 3.07. The van der Waals surface area contributed by atoms with Crippen LogP contribution in [0.4, 0.5) is 0 Å². The molecule has 90 valence electrons. The fourth-order valence-electron chi connectivity index (χ4n) is 2.24. The summed E-state index contributed by atoms with van der Waals surface area (Å²) in [5.41, 5.74) is 2.96. The number of hydrogen-bond acceptors (Lipinski definition) is 2. The molecule has 3 heteroatoms. The lowest BCUT2D eigenvalue weighted by Crippen LogP contribution is -1.90. The standard InChI is InChI=1S/C15H11ClOS/c16-15-13(7-8-18-15)14-11(9-17)6-5-10-3-1-2-4-12(10)14/h1-8,17H,9H2.